The number of halogens is 1. The maximum Gasteiger partial charge on any atom is 0.188 e. The van der Waals surface area contributed by atoms with Crippen molar-refractivity contribution in [3.63, 3.8) is 0 Å². The Bertz CT molecular complexity index is 318. The highest BCUT2D eigenvalue weighted by Crippen LogP contribution is 2.31. The van der Waals surface area contributed by atoms with E-state index in [1.54, 1.807) is 0 Å². The van der Waals surface area contributed by atoms with Crippen LogP contribution in [0.2, 0.25) is 0 Å². The molecule has 124 valence electrons. The lowest BCUT2D eigenvalue weighted by molar-refractivity contribution is 0.138. The van der Waals surface area contributed by atoms with E-state index in [-0.39, 0.29) is 29.5 Å². The Morgan fingerprint density at radius 3 is 2.24 bits per heavy atom. The van der Waals surface area contributed by atoms with Crippen LogP contribution in [0.25, 0.3) is 0 Å². The minimum atomic E-state index is 0. The van der Waals surface area contributed by atoms with Crippen LogP contribution >= 0.6 is 24.0 Å². The number of guanidine groups is 1. The highest BCUT2D eigenvalue weighted by molar-refractivity contribution is 14.0. The van der Waals surface area contributed by atoms with Gasteiger partial charge < -0.3 is 16.0 Å². The molecule has 0 aromatic rings. The van der Waals surface area contributed by atoms with Crippen molar-refractivity contribution in [1.29, 1.82) is 0 Å². The van der Waals surface area contributed by atoms with Crippen LogP contribution in [-0.2, 0) is 0 Å². The predicted molar refractivity (Wildman–Crippen MR) is 101 cm³/mol. The minimum Gasteiger partial charge on any atom is -0.370 e. The molecule has 2 aliphatic carbocycles. The van der Waals surface area contributed by atoms with Crippen LogP contribution in [-0.4, -0.2) is 43.6 Å². The van der Waals surface area contributed by atoms with Gasteiger partial charge in [-0.25, -0.2) is 0 Å². The molecule has 0 aromatic heterocycles. The van der Waals surface area contributed by atoms with Gasteiger partial charge in [0.25, 0.3) is 0 Å². The summed E-state index contributed by atoms with van der Waals surface area (Å²) < 4.78 is 0. The molecule has 0 aliphatic heterocycles. The molecule has 21 heavy (non-hydrogen) atoms. The molecule has 0 aromatic carbocycles. The van der Waals surface area contributed by atoms with Crippen molar-refractivity contribution in [2.75, 3.05) is 27.2 Å². The molecule has 0 spiro atoms. The zero-order valence-electron chi connectivity index (χ0n) is 13.7. The highest BCUT2D eigenvalue weighted by atomic mass is 127. The lowest BCUT2D eigenvalue weighted by Gasteiger charge is -2.38. The average molecular weight is 408 g/mol. The summed E-state index contributed by atoms with van der Waals surface area (Å²) in [7, 11) is 4.39. The van der Waals surface area contributed by atoms with Gasteiger partial charge in [0.15, 0.2) is 5.96 Å². The summed E-state index contributed by atoms with van der Waals surface area (Å²) in [4.78, 5) is 7.03. The third-order valence-corrected chi connectivity index (χ3v) is 5.32. The van der Waals surface area contributed by atoms with E-state index in [2.05, 4.69) is 29.3 Å². The molecule has 0 heterocycles. The first kappa shape index (κ1) is 19.0. The molecular weight excluding hydrogens is 375 g/mol. The Labute approximate surface area is 147 Å². The molecule has 2 rings (SSSR count). The van der Waals surface area contributed by atoms with E-state index >= 15 is 0 Å². The summed E-state index contributed by atoms with van der Waals surface area (Å²) in [6.07, 6.45) is 12.0. The standard InChI is InChI=1S/C16H32N4.HI/c1-20(2)16(10-5-3-4-6-11-16)13-19-15(17)18-12-14-8-7-9-14;/h14H,3-13H2,1-2H3,(H3,17,18,19);1H. The fourth-order valence-corrected chi connectivity index (χ4v) is 3.37. The van der Waals surface area contributed by atoms with Crippen molar-refractivity contribution < 1.29 is 0 Å². The van der Waals surface area contributed by atoms with Crippen molar-refractivity contribution in [3.8, 4) is 0 Å². The largest absolute Gasteiger partial charge is 0.370 e. The lowest BCUT2D eigenvalue weighted by Crippen LogP contribution is -2.47. The van der Waals surface area contributed by atoms with Crippen LogP contribution in [0.5, 0.6) is 0 Å². The van der Waals surface area contributed by atoms with Gasteiger partial charge in [0.1, 0.15) is 0 Å². The SMILES string of the molecule is CN(C)C1(CN=C(N)NCC2CCC2)CCCCCC1.I. The first-order valence-electron chi connectivity index (χ1n) is 8.34. The Balaban J connectivity index is 0.00000220. The second kappa shape index (κ2) is 9.18. The van der Waals surface area contributed by atoms with Gasteiger partial charge in [0.05, 0.1) is 6.54 Å². The molecule has 5 heteroatoms. The Hall–Kier alpha value is -0.0400. The summed E-state index contributed by atoms with van der Waals surface area (Å²) in [5.41, 5.74) is 6.26. The van der Waals surface area contributed by atoms with Gasteiger partial charge in [-0.1, -0.05) is 32.1 Å². The van der Waals surface area contributed by atoms with Crippen molar-refractivity contribution in [3.05, 3.63) is 0 Å². The molecule has 0 atom stereocenters. The van der Waals surface area contributed by atoms with E-state index in [0.29, 0.717) is 5.96 Å². The number of rotatable bonds is 5. The molecule has 2 aliphatic rings. The second-order valence-corrected chi connectivity index (χ2v) is 6.91. The van der Waals surface area contributed by atoms with Gasteiger partial charge in [0, 0.05) is 12.1 Å². The average Bonchev–Trinajstić information content (AvgIpc) is 2.61. The van der Waals surface area contributed by atoms with Gasteiger partial charge >= 0.3 is 0 Å². The van der Waals surface area contributed by atoms with E-state index < -0.39 is 0 Å². The molecule has 2 fully saturated rings. The van der Waals surface area contributed by atoms with E-state index in [4.69, 9.17) is 5.73 Å². The predicted octanol–water partition coefficient (Wildman–Crippen LogP) is 2.96. The lowest BCUT2D eigenvalue weighted by atomic mass is 9.85. The van der Waals surface area contributed by atoms with Crippen molar-refractivity contribution in [2.24, 2.45) is 16.6 Å². The number of nitrogens with two attached hydrogens (primary N) is 1. The zero-order chi connectivity index (χ0) is 14.4. The van der Waals surface area contributed by atoms with Crippen molar-refractivity contribution >= 4 is 29.9 Å². The molecule has 0 amide bonds. The first-order valence-corrected chi connectivity index (χ1v) is 8.34. The number of hydrogen-bond donors (Lipinski definition) is 2. The highest BCUT2D eigenvalue weighted by Gasteiger charge is 2.32. The van der Waals surface area contributed by atoms with E-state index in [9.17, 15) is 0 Å². The van der Waals surface area contributed by atoms with Gasteiger partial charge in [-0.2, -0.15) is 0 Å². The van der Waals surface area contributed by atoms with Crippen LogP contribution in [0.3, 0.4) is 0 Å². The number of nitrogens with zero attached hydrogens (tertiary/aromatic N) is 2. The van der Waals surface area contributed by atoms with Crippen LogP contribution < -0.4 is 11.1 Å². The molecule has 4 nitrogen and oxygen atoms in total. The van der Waals surface area contributed by atoms with Crippen LogP contribution in [0.15, 0.2) is 4.99 Å². The van der Waals surface area contributed by atoms with Crippen LogP contribution in [0.1, 0.15) is 57.8 Å². The van der Waals surface area contributed by atoms with E-state index in [0.717, 1.165) is 19.0 Å². The van der Waals surface area contributed by atoms with Gasteiger partial charge in [-0.05, 0) is 45.7 Å². The van der Waals surface area contributed by atoms with Crippen LogP contribution in [0, 0.1) is 5.92 Å². The Morgan fingerprint density at radius 2 is 1.76 bits per heavy atom. The number of likely N-dealkylation sites (N-methyl/N-ethyl adjacent to an activating group) is 1. The fourth-order valence-electron chi connectivity index (χ4n) is 3.37. The summed E-state index contributed by atoms with van der Waals surface area (Å²) in [5.74, 6) is 1.46. The Morgan fingerprint density at radius 1 is 1.14 bits per heavy atom. The number of aliphatic imine (C=N–C) groups is 1. The summed E-state index contributed by atoms with van der Waals surface area (Å²) in [6, 6.07) is 0. The van der Waals surface area contributed by atoms with Crippen molar-refractivity contribution in [2.45, 2.75) is 63.3 Å². The van der Waals surface area contributed by atoms with Gasteiger partial charge in [0.2, 0.25) is 0 Å². The molecule has 0 bridgehead atoms. The van der Waals surface area contributed by atoms with Crippen molar-refractivity contribution in [1.82, 2.24) is 10.2 Å². The molecule has 0 unspecified atom stereocenters. The number of hydrogen-bond acceptors (Lipinski definition) is 2. The second-order valence-electron chi connectivity index (χ2n) is 6.91. The third-order valence-electron chi connectivity index (χ3n) is 5.32. The van der Waals surface area contributed by atoms with Crippen LogP contribution in [0.4, 0.5) is 0 Å². The van der Waals surface area contributed by atoms with Gasteiger partial charge in [-0.15, -0.1) is 24.0 Å². The maximum atomic E-state index is 6.04. The smallest absolute Gasteiger partial charge is 0.188 e. The summed E-state index contributed by atoms with van der Waals surface area (Å²) >= 11 is 0. The number of nitrogens with one attached hydrogen (secondary N) is 1. The van der Waals surface area contributed by atoms with E-state index in [1.807, 2.05) is 0 Å². The molecule has 2 saturated carbocycles. The zero-order valence-corrected chi connectivity index (χ0v) is 16.1. The molecular formula is C16H33IN4. The van der Waals surface area contributed by atoms with Gasteiger partial charge in [-0.3, -0.25) is 4.99 Å². The normalized spacial score (nSPS) is 23.1. The molecule has 0 saturated heterocycles. The fraction of sp³-hybridized carbons (Fsp3) is 0.938. The third kappa shape index (κ3) is 5.58. The maximum absolute atomic E-state index is 6.04. The molecule has 3 N–H and O–H groups in total. The summed E-state index contributed by atoms with van der Waals surface area (Å²) in [5, 5.41) is 3.31. The minimum absolute atomic E-state index is 0. The van der Waals surface area contributed by atoms with E-state index in [1.165, 1.54) is 57.8 Å². The topological polar surface area (TPSA) is 53.6 Å². The quantitative estimate of drug-likeness (QED) is 0.318. The monoisotopic (exact) mass is 408 g/mol. The Kier molecular flexibility index (Phi) is 8.31. The summed E-state index contributed by atoms with van der Waals surface area (Å²) in [6.45, 7) is 1.84. The molecule has 0 radical (unpaired) electrons. The first-order chi connectivity index (χ1) is 9.62.